The van der Waals surface area contributed by atoms with Gasteiger partial charge >= 0.3 is 0 Å². The summed E-state index contributed by atoms with van der Waals surface area (Å²) in [6, 6.07) is 0. The molecule has 118 valence electrons. The maximum absolute atomic E-state index is 9.00. The highest BCUT2D eigenvalue weighted by Crippen LogP contribution is 2.47. The highest BCUT2D eigenvalue weighted by atomic mass is 16.3. The summed E-state index contributed by atoms with van der Waals surface area (Å²) in [6.07, 6.45) is 8.32. The van der Waals surface area contributed by atoms with Crippen LogP contribution in [0.2, 0.25) is 0 Å². The monoisotopic (exact) mass is 291 g/mol. The number of aliphatic hydroxyl groups excluding tert-OH is 1. The third-order valence-electron chi connectivity index (χ3n) is 4.83. The van der Waals surface area contributed by atoms with Gasteiger partial charge in [-0.05, 0) is 55.9 Å². The van der Waals surface area contributed by atoms with Gasteiger partial charge in [-0.3, -0.25) is 0 Å². The van der Waals surface area contributed by atoms with E-state index in [1.165, 1.54) is 18.4 Å². The molecule has 21 heavy (non-hydrogen) atoms. The zero-order chi connectivity index (χ0) is 15.2. The third-order valence-corrected chi connectivity index (χ3v) is 4.83. The molecule has 1 aromatic rings. The molecule has 0 aromatic carbocycles. The normalized spacial score (nSPS) is 22.1. The van der Waals surface area contributed by atoms with Gasteiger partial charge in [0, 0.05) is 32.1 Å². The van der Waals surface area contributed by atoms with Crippen molar-refractivity contribution >= 4 is 5.95 Å². The minimum absolute atomic E-state index is 0.340. The highest BCUT2D eigenvalue weighted by molar-refractivity contribution is 5.29. The Balaban J connectivity index is 1.82. The van der Waals surface area contributed by atoms with Crippen LogP contribution in [0.5, 0.6) is 0 Å². The minimum Gasteiger partial charge on any atom is -0.396 e. The molecule has 0 saturated heterocycles. The van der Waals surface area contributed by atoms with E-state index in [1.807, 2.05) is 12.4 Å². The zero-order valence-electron chi connectivity index (χ0n) is 13.6. The standard InChI is InChI=1S/C17H29N3O/c1-4-14-11-18-17(19-12-14)20(5-2)8-6-13(3)16-10-15(16)7-9-21/h11-13,15-16,21H,4-10H2,1-3H3. The Labute approximate surface area is 128 Å². The quantitative estimate of drug-likeness (QED) is 0.760. The van der Waals surface area contributed by atoms with Gasteiger partial charge in [-0.2, -0.15) is 0 Å². The van der Waals surface area contributed by atoms with Gasteiger partial charge in [0.25, 0.3) is 0 Å². The van der Waals surface area contributed by atoms with E-state index in [1.54, 1.807) is 0 Å². The molecule has 1 fully saturated rings. The summed E-state index contributed by atoms with van der Waals surface area (Å²) in [5.41, 5.74) is 1.19. The van der Waals surface area contributed by atoms with Crippen LogP contribution < -0.4 is 4.90 Å². The number of hydrogen-bond donors (Lipinski definition) is 1. The van der Waals surface area contributed by atoms with Crippen molar-refractivity contribution in [3.05, 3.63) is 18.0 Å². The van der Waals surface area contributed by atoms with Crippen LogP contribution in [0.1, 0.15) is 45.6 Å². The van der Waals surface area contributed by atoms with Gasteiger partial charge in [0.05, 0.1) is 0 Å². The van der Waals surface area contributed by atoms with Crippen molar-refractivity contribution in [2.24, 2.45) is 17.8 Å². The average molecular weight is 291 g/mol. The molecule has 4 heteroatoms. The smallest absolute Gasteiger partial charge is 0.225 e. The average Bonchev–Trinajstić information content (AvgIpc) is 3.28. The molecule has 3 unspecified atom stereocenters. The molecule has 0 bridgehead atoms. The third kappa shape index (κ3) is 4.40. The fourth-order valence-corrected chi connectivity index (χ4v) is 3.13. The molecular formula is C17H29N3O. The second kappa shape index (κ2) is 7.74. The predicted octanol–water partition coefficient (Wildman–Crippen LogP) is 2.91. The first-order valence-electron chi connectivity index (χ1n) is 8.36. The van der Waals surface area contributed by atoms with E-state index in [2.05, 4.69) is 35.6 Å². The molecule has 0 amide bonds. The first kappa shape index (κ1) is 16.2. The number of nitrogens with zero attached hydrogens (tertiary/aromatic N) is 3. The summed E-state index contributed by atoms with van der Waals surface area (Å²) in [5.74, 6) is 3.16. The van der Waals surface area contributed by atoms with E-state index in [-0.39, 0.29) is 0 Å². The van der Waals surface area contributed by atoms with E-state index >= 15 is 0 Å². The fraction of sp³-hybridized carbons (Fsp3) is 0.765. The summed E-state index contributed by atoms with van der Waals surface area (Å²) >= 11 is 0. The maximum Gasteiger partial charge on any atom is 0.225 e. The lowest BCUT2D eigenvalue weighted by Gasteiger charge is -2.23. The topological polar surface area (TPSA) is 49.2 Å². The van der Waals surface area contributed by atoms with Gasteiger partial charge in [0.1, 0.15) is 0 Å². The molecule has 0 radical (unpaired) electrons. The number of hydrogen-bond acceptors (Lipinski definition) is 4. The Morgan fingerprint density at radius 1 is 1.33 bits per heavy atom. The number of aliphatic hydroxyl groups is 1. The number of anilines is 1. The first-order chi connectivity index (χ1) is 10.2. The van der Waals surface area contributed by atoms with Gasteiger partial charge in [0.2, 0.25) is 5.95 Å². The van der Waals surface area contributed by atoms with Crippen molar-refractivity contribution in [2.45, 2.75) is 46.5 Å². The highest BCUT2D eigenvalue weighted by Gasteiger charge is 2.39. The van der Waals surface area contributed by atoms with Crippen LogP contribution in [0, 0.1) is 17.8 Å². The van der Waals surface area contributed by atoms with E-state index in [0.29, 0.717) is 6.61 Å². The van der Waals surface area contributed by atoms with Crippen molar-refractivity contribution in [1.29, 1.82) is 0 Å². The second-order valence-electron chi connectivity index (χ2n) is 6.26. The molecule has 1 heterocycles. The summed E-state index contributed by atoms with van der Waals surface area (Å²) in [6.45, 7) is 8.93. The Hall–Kier alpha value is -1.16. The van der Waals surface area contributed by atoms with Crippen LogP contribution in [0.4, 0.5) is 5.95 Å². The summed E-state index contributed by atoms with van der Waals surface area (Å²) < 4.78 is 0. The zero-order valence-corrected chi connectivity index (χ0v) is 13.6. The van der Waals surface area contributed by atoms with Crippen molar-refractivity contribution < 1.29 is 5.11 Å². The van der Waals surface area contributed by atoms with Crippen molar-refractivity contribution in [3.8, 4) is 0 Å². The Kier molecular flexibility index (Phi) is 5.97. The molecule has 3 atom stereocenters. The summed E-state index contributed by atoms with van der Waals surface area (Å²) in [5, 5.41) is 9.00. The molecule has 1 N–H and O–H groups in total. The Morgan fingerprint density at radius 2 is 2.05 bits per heavy atom. The van der Waals surface area contributed by atoms with Gasteiger partial charge in [-0.15, -0.1) is 0 Å². The molecule has 1 aliphatic carbocycles. The minimum atomic E-state index is 0.340. The summed E-state index contributed by atoms with van der Waals surface area (Å²) in [7, 11) is 0. The molecule has 1 aromatic heterocycles. The van der Waals surface area contributed by atoms with Gasteiger partial charge in [0.15, 0.2) is 0 Å². The lowest BCUT2D eigenvalue weighted by molar-refractivity contribution is 0.272. The van der Waals surface area contributed by atoms with E-state index in [0.717, 1.165) is 49.6 Å². The molecule has 4 nitrogen and oxygen atoms in total. The lowest BCUT2D eigenvalue weighted by Crippen LogP contribution is -2.27. The fourth-order valence-electron chi connectivity index (χ4n) is 3.13. The molecule has 0 spiro atoms. The van der Waals surface area contributed by atoms with Crippen molar-refractivity contribution in [3.63, 3.8) is 0 Å². The van der Waals surface area contributed by atoms with Crippen LogP contribution in [0.25, 0.3) is 0 Å². The largest absolute Gasteiger partial charge is 0.396 e. The van der Waals surface area contributed by atoms with Crippen LogP contribution in [0.15, 0.2) is 12.4 Å². The number of aromatic nitrogens is 2. The molecular weight excluding hydrogens is 262 g/mol. The predicted molar refractivity (Wildman–Crippen MR) is 86.4 cm³/mol. The van der Waals surface area contributed by atoms with Crippen LogP contribution in [0.3, 0.4) is 0 Å². The van der Waals surface area contributed by atoms with E-state index in [4.69, 9.17) is 5.11 Å². The molecule has 1 saturated carbocycles. The van der Waals surface area contributed by atoms with Crippen LogP contribution >= 0.6 is 0 Å². The van der Waals surface area contributed by atoms with Crippen molar-refractivity contribution in [2.75, 3.05) is 24.6 Å². The van der Waals surface area contributed by atoms with Crippen LogP contribution in [-0.4, -0.2) is 34.8 Å². The number of rotatable bonds is 9. The van der Waals surface area contributed by atoms with Crippen LogP contribution in [-0.2, 0) is 6.42 Å². The Bertz CT molecular complexity index is 421. The van der Waals surface area contributed by atoms with E-state index < -0.39 is 0 Å². The molecule has 0 aliphatic heterocycles. The number of aryl methyl sites for hydroxylation is 1. The van der Waals surface area contributed by atoms with Gasteiger partial charge < -0.3 is 10.0 Å². The first-order valence-corrected chi connectivity index (χ1v) is 8.36. The van der Waals surface area contributed by atoms with Gasteiger partial charge in [-0.25, -0.2) is 9.97 Å². The van der Waals surface area contributed by atoms with E-state index in [9.17, 15) is 0 Å². The molecule has 1 aliphatic rings. The Morgan fingerprint density at radius 3 is 2.62 bits per heavy atom. The second-order valence-corrected chi connectivity index (χ2v) is 6.26. The SMILES string of the molecule is CCc1cnc(N(CC)CCC(C)C2CC2CCO)nc1. The maximum atomic E-state index is 9.00. The summed E-state index contributed by atoms with van der Waals surface area (Å²) in [4.78, 5) is 11.2. The molecule has 2 rings (SSSR count). The lowest BCUT2D eigenvalue weighted by atomic mass is 9.99. The van der Waals surface area contributed by atoms with Gasteiger partial charge in [-0.1, -0.05) is 13.8 Å². The van der Waals surface area contributed by atoms with Crippen molar-refractivity contribution in [1.82, 2.24) is 9.97 Å².